The molecule has 108 valence electrons. The largest absolute Gasteiger partial charge is 0.493 e. The highest BCUT2D eigenvalue weighted by atomic mass is 16.5. The minimum Gasteiger partial charge on any atom is -0.493 e. The molecule has 0 spiro atoms. The molecule has 4 heteroatoms. The van der Waals surface area contributed by atoms with E-state index < -0.39 is 0 Å². The van der Waals surface area contributed by atoms with Crippen molar-refractivity contribution in [1.82, 2.24) is 10.6 Å². The third-order valence-electron chi connectivity index (χ3n) is 3.50. The van der Waals surface area contributed by atoms with Crippen LogP contribution in [0.15, 0.2) is 48.5 Å². The average molecular weight is 282 g/mol. The predicted octanol–water partition coefficient (Wildman–Crippen LogP) is 2.62. The molecule has 2 amide bonds. The molecule has 0 saturated carbocycles. The highest BCUT2D eigenvalue weighted by Gasteiger charge is 2.12. The quantitative estimate of drug-likeness (QED) is 0.905. The molecular weight excluding hydrogens is 264 g/mol. The molecule has 0 fully saturated rings. The van der Waals surface area contributed by atoms with Crippen molar-refractivity contribution in [3.8, 4) is 5.75 Å². The number of nitrogens with one attached hydrogen (secondary N) is 2. The van der Waals surface area contributed by atoms with Gasteiger partial charge in [-0.2, -0.15) is 0 Å². The maximum atomic E-state index is 11.8. The number of rotatable bonds is 4. The molecule has 4 nitrogen and oxygen atoms in total. The second-order valence-electron chi connectivity index (χ2n) is 5.06. The summed E-state index contributed by atoms with van der Waals surface area (Å²) in [5.41, 5.74) is 3.40. The lowest BCUT2D eigenvalue weighted by Crippen LogP contribution is -2.34. The summed E-state index contributed by atoms with van der Waals surface area (Å²) in [5.74, 6) is 0.965. The molecular formula is C17H18N2O2. The highest BCUT2D eigenvalue weighted by molar-refractivity contribution is 5.73. The molecule has 2 N–H and O–H groups in total. The first-order valence-electron chi connectivity index (χ1n) is 7.11. The van der Waals surface area contributed by atoms with E-state index in [-0.39, 0.29) is 6.03 Å². The van der Waals surface area contributed by atoms with Crippen LogP contribution in [0.25, 0.3) is 0 Å². The SMILES string of the molecule is O=C(NCc1ccccc1)NCc1ccc2c(c1)CCO2. The zero-order valence-corrected chi connectivity index (χ0v) is 11.8. The normalized spacial score (nSPS) is 12.4. The maximum absolute atomic E-state index is 11.8. The Hall–Kier alpha value is -2.49. The molecule has 0 atom stereocenters. The summed E-state index contributed by atoms with van der Waals surface area (Å²) < 4.78 is 5.47. The summed E-state index contributed by atoms with van der Waals surface area (Å²) >= 11 is 0. The first kappa shape index (κ1) is 13.5. The Morgan fingerprint density at radius 2 is 1.76 bits per heavy atom. The third kappa shape index (κ3) is 3.54. The number of fused-ring (bicyclic) bond motifs is 1. The average Bonchev–Trinajstić information content (AvgIpc) is 2.99. The van der Waals surface area contributed by atoms with Gasteiger partial charge in [-0.15, -0.1) is 0 Å². The molecule has 1 aliphatic rings. The lowest BCUT2D eigenvalue weighted by Gasteiger charge is -2.08. The zero-order valence-electron chi connectivity index (χ0n) is 11.8. The zero-order chi connectivity index (χ0) is 14.5. The molecule has 0 saturated heterocycles. The monoisotopic (exact) mass is 282 g/mol. The van der Waals surface area contributed by atoms with Crippen LogP contribution in [0, 0.1) is 0 Å². The Morgan fingerprint density at radius 3 is 2.57 bits per heavy atom. The van der Waals surface area contributed by atoms with Crippen LogP contribution < -0.4 is 15.4 Å². The van der Waals surface area contributed by atoms with Crippen LogP contribution in [0.1, 0.15) is 16.7 Å². The molecule has 2 aromatic carbocycles. The van der Waals surface area contributed by atoms with Gasteiger partial charge in [0.05, 0.1) is 6.61 Å². The summed E-state index contributed by atoms with van der Waals surface area (Å²) in [4.78, 5) is 11.8. The van der Waals surface area contributed by atoms with Gasteiger partial charge in [0.1, 0.15) is 5.75 Å². The second kappa shape index (κ2) is 6.31. The van der Waals surface area contributed by atoms with E-state index in [1.165, 1.54) is 5.56 Å². The minimum absolute atomic E-state index is 0.157. The fourth-order valence-electron chi connectivity index (χ4n) is 2.37. The summed E-state index contributed by atoms with van der Waals surface area (Å²) in [6.07, 6.45) is 0.948. The molecule has 1 heterocycles. The number of carbonyl (C=O) groups is 1. The van der Waals surface area contributed by atoms with Gasteiger partial charge in [-0.3, -0.25) is 0 Å². The van der Waals surface area contributed by atoms with Gasteiger partial charge in [0.2, 0.25) is 0 Å². The molecule has 21 heavy (non-hydrogen) atoms. The smallest absolute Gasteiger partial charge is 0.315 e. The summed E-state index contributed by atoms with van der Waals surface area (Å²) in [6, 6.07) is 15.8. The number of ether oxygens (including phenoxy) is 1. The minimum atomic E-state index is -0.157. The van der Waals surface area contributed by atoms with E-state index in [1.54, 1.807) is 0 Å². The molecule has 2 aromatic rings. The van der Waals surface area contributed by atoms with Gasteiger partial charge in [0.25, 0.3) is 0 Å². The Balaban J connectivity index is 1.47. The number of carbonyl (C=O) groups excluding carboxylic acids is 1. The van der Waals surface area contributed by atoms with E-state index in [4.69, 9.17) is 4.74 Å². The van der Waals surface area contributed by atoms with Gasteiger partial charge in [0.15, 0.2) is 0 Å². The van der Waals surface area contributed by atoms with Crippen molar-refractivity contribution < 1.29 is 9.53 Å². The molecule has 0 aliphatic carbocycles. The summed E-state index contributed by atoms with van der Waals surface area (Å²) in [7, 11) is 0. The third-order valence-corrected chi connectivity index (χ3v) is 3.50. The van der Waals surface area contributed by atoms with Crippen molar-refractivity contribution in [2.24, 2.45) is 0 Å². The highest BCUT2D eigenvalue weighted by Crippen LogP contribution is 2.25. The Bertz CT molecular complexity index is 626. The first-order chi connectivity index (χ1) is 10.3. The second-order valence-corrected chi connectivity index (χ2v) is 5.06. The molecule has 0 unspecified atom stereocenters. The van der Waals surface area contributed by atoms with Crippen molar-refractivity contribution in [2.45, 2.75) is 19.5 Å². The van der Waals surface area contributed by atoms with Crippen LogP contribution in [0.4, 0.5) is 4.79 Å². The molecule has 0 aromatic heterocycles. The fraction of sp³-hybridized carbons (Fsp3) is 0.235. The van der Waals surface area contributed by atoms with E-state index >= 15 is 0 Å². The van der Waals surface area contributed by atoms with Crippen molar-refractivity contribution in [1.29, 1.82) is 0 Å². The molecule has 0 bridgehead atoms. The van der Waals surface area contributed by atoms with Gasteiger partial charge < -0.3 is 15.4 Å². The standard InChI is InChI=1S/C17H18N2O2/c20-17(18-11-13-4-2-1-3-5-13)19-12-14-6-7-16-15(10-14)8-9-21-16/h1-7,10H,8-9,11-12H2,(H2,18,19,20). The van der Waals surface area contributed by atoms with Gasteiger partial charge in [-0.05, 0) is 22.8 Å². The Morgan fingerprint density at radius 1 is 1.00 bits per heavy atom. The fourth-order valence-corrected chi connectivity index (χ4v) is 2.37. The number of urea groups is 1. The van der Waals surface area contributed by atoms with Gasteiger partial charge in [-0.1, -0.05) is 42.5 Å². The van der Waals surface area contributed by atoms with E-state index in [1.807, 2.05) is 42.5 Å². The number of hydrogen-bond acceptors (Lipinski definition) is 2. The van der Waals surface area contributed by atoms with Crippen molar-refractivity contribution >= 4 is 6.03 Å². The van der Waals surface area contributed by atoms with Gasteiger partial charge in [-0.25, -0.2) is 4.79 Å². The van der Waals surface area contributed by atoms with Crippen molar-refractivity contribution in [2.75, 3.05) is 6.61 Å². The van der Waals surface area contributed by atoms with Crippen LogP contribution in [0.3, 0.4) is 0 Å². The lowest BCUT2D eigenvalue weighted by molar-refractivity contribution is 0.240. The van der Waals surface area contributed by atoms with Crippen LogP contribution in [0.5, 0.6) is 5.75 Å². The molecule has 1 aliphatic heterocycles. The first-order valence-corrected chi connectivity index (χ1v) is 7.11. The van der Waals surface area contributed by atoms with Crippen LogP contribution >= 0.6 is 0 Å². The molecule has 3 rings (SSSR count). The topological polar surface area (TPSA) is 50.4 Å². The van der Waals surface area contributed by atoms with Crippen molar-refractivity contribution in [3.05, 3.63) is 65.2 Å². The van der Waals surface area contributed by atoms with E-state index in [9.17, 15) is 4.79 Å². The van der Waals surface area contributed by atoms with E-state index in [2.05, 4.69) is 16.7 Å². The Labute approximate surface area is 124 Å². The maximum Gasteiger partial charge on any atom is 0.315 e. The lowest BCUT2D eigenvalue weighted by atomic mass is 10.1. The summed E-state index contributed by atoms with van der Waals surface area (Å²) in [6.45, 7) is 1.81. The van der Waals surface area contributed by atoms with E-state index in [0.717, 1.165) is 29.9 Å². The van der Waals surface area contributed by atoms with Gasteiger partial charge in [0, 0.05) is 19.5 Å². The Kier molecular flexibility index (Phi) is 4.05. The number of hydrogen-bond donors (Lipinski definition) is 2. The van der Waals surface area contributed by atoms with Crippen molar-refractivity contribution in [3.63, 3.8) is 0 Å². The predicted molar refractivity (Wildman–Crippen MR) is 81.2 cm³/mol. The van der Waals surface area contributed by atoms with Gasteiger partial charge >= 0.3 is 6.03 Å². The van der Waals surface area contributed by atoms with Crippen LogP contribution in [0.2, 0.25) is 0 Å². The van der Waals surface area contributed by atoms with Crippen LogP contribution in [-0.4, -0.2) is 12.6 Å². The summed E-state index contributed by atoms with van der Waals surface area (Å²) in [5, 5.41) is 5.72. The van der Waals surface area contributed by atoms with E-state index in [0.29, 0.717) is 13.1 Å². The molecule has 0 radical (unpaired) electrons. The number of amides is 2. The van der Waals surface area contributed by atoms with Crippen LogP contribution in [-0.2, 0) is 19.5 Å². The number of benzene rings is 2.